The first kappa shape index (κ1) is 26.5. The minimum Gasteiger partial charge on any atom is -0.0654 e. The van der Waals surface area contributed by atoms with Crippen LogP contribution < -0.4 is 0 Å². The van der Waals surface area contributed by atoms with Crippen LogP contribution in [0.3, 0.4) is 0 Å². The maximum Gasteiger partial charge on any atom is -0.0162 e. The van der Waals surface area contributed by atoms with Gasteiger partial charge in [-0.05, 0) is 97.3 Å². The van der Waals surface area contributed by atoms with Gasteiger partial charge in [0, 0.05) is 0 Å². The summed E-state index contributed by atoms with van der Waals surface area (Å²) in [6.45, 7) is 4.66. The van der Waals surface area contributed by atoms with Gasteiger partial charge in [0.15, 0.2) is 0 Å². The average molecular weight is 473 g/mol. The predicted molar refractivity (Wildman–Crippen MR) is 153 cm³/mol. The Morgan fingerprint density at radius 2 is 0.943 bits per heavy atom. The van der Waals surface area contributed by atoms with Crippen molar-refractivity contribution in [2.24, 2.45) is 17.8 Å². The topological polar surface area (TPSA) is 0 Å². The summed E-state index contributed by atoms with van der Waals surface area (Å²) in [5.74, 6) is 3.81. The lowest BCUT2D eigenvalue weighted by atomic mass is 9.77. The molecule has 2 saturated carbocycles. The third kappa shape index (κ3) is 8.51. The fourth-order valence-electron chi connectivity index (χ4n) is 6.98. The SMILES string of the molecule is CCCCC1CCC(c2ccc(CCc3ccc(CCC4CCC(CCC)CC4)cc3)cc2)CC1. The maximum atomic E-state index is 2.44. The first-order chi connectivity index (χ1) is 17.2. The molecule has 0 heteroatoms. The van der Waals surface area contributed by atoms with Crippen LogP contribution in [-0.2, 0) is 19.3 Å². The Hall–Kier alpha value is -1.56. The van der Waals surface area contributed by atoms with E-state index < -0.39 is 0 Å². The van der Waals surface area contributed by atoms with Gasteiger partial charge in [0.05, 0.1) is 0 Å². The number of aryl methyl sites for hydroxylation is 3. The molecule has 0 unspecified atom stereocenters. The number of hydrogen-bond acceptors (Lipinski definition) is 0. The van der Waals surface area contributed by atoms with E-state index in [9.17, 15) is 0 Å². The molecule has 0 spiro atoms. The van der Waals surface area contributed by atoms with Crippen molar-refractivity contribution < 1.29 is 0 Å². The van der Waals surface area contributed by atoms with Gasteiger partial charge in [-0.1, -0.05) is 120 Å². The Morgan fingerprint density at radius 1 is 0.486 bits per heavy atom. The van der Waals surface area contributed by atoms with Gasteiger partial charge in [0.2, 0.25) is 0 Å². The second-order valence-corrected chi connectivity index (χ2v) is 12.1. The molecule has 2 aromatic rings. The molecular formula is C35H52. The van der Waals surface area contributed by atoms with E-state index in [4.69, 9.17) is 0 Å². The van der Waals surface area contributed by atoms with E-state index in [-0.39, 0.29) is 0 Å². The Labute approximate surface area is 217 Å². The predicted octanol–water partition coefficient (Wildman–Crippen LogP) is 10.5. The van der Waals surface area contributed by atoms with Gasteiger partial charge in [0.1, 0.15) is 0 Å². The molecule has 192 valence electrons. The van der Waals surface area contributed by atoms with Gasteiger partial charge in [0.25, 0.3) is 0 Å². The van der Waals surface area contributed by atoms with Crippen molar-refractivity contribution in [1.82, 2.24) is 0 Å². The smallest absolute Gasteiger partial charge is 0.0162 e. The van der Waals surface area contributed by atoms with E-state index in [2.05, 4.69) is 62.4 Å². The van der Waals surface area contributed by atoms with E-state index in [1.807, 2.05) is 0 Å². The number of unbranched alkanes of at least 4 members (excludes halogenated alkanes) is 1. The molecule has 35 heavy (non-hydrogen) atoms. The first-order valence-corrected chi connectivity index (χ1v) is 15.4. The second-order valence-electron chi connectivity index (χ2n) is 12.1. The molecule has 0 bridgehead atoms. The van der Waals surface area contributed by atoms with E-state index in [1.54, 1.807) is 5.56 Å². The van der Waals surface area contributed by atoms with Crippen molar-refractivity contribution in [3.05, 3.63) is 70.8 Å². The third-order valence-corrected chi connectivity index (χ3v) is 9.49. The first-order valence-electron chi connectivity index (χ1n) is 15.4. The summed E-state index contributed by atoms with van der Waals surface area (Å²) < 4.78 is 0. The molecule has 0 atom stereocenters. The zero-order valence-corrected chi connectivity index (χ0v) is 22.9. The van der Waals surface area contributed by atoms with Crippen molar-refractivity contribution in [3.63, 3.8) is 0 Å². The number of rotatable bonds is 12. The standard InChI is InChI=1S/C35H52/c1-3-5-7-29-20-24-34(25-21-29)35-26-22-33(23-27-35)19-18-32-16-14-31(15-17-32)13-12-30-10-8-28(6-4-2)9-11-30/h14-17,22-23,26-30,34H,3-13,18-21,24-25H2,1-2H3. The maximum absolute atomic E-state index is 2.44. The minimum atomic E-state index is 0.806. The Kier molecular flexibility index (Phi) is 10.8. The summed E-state index contributed by atoms with van der Waals surface area (Å²) >= 11 is 0. The van der Waals surface area contributed by atoms with E-state index in [0.717, 1.165) is 36.5 Å². The van der Waals surface area contributed by atoms with Gasteiger partial charge in [-0.2, -0.15) is 0 Å². The molecule has 0 radical (unpaired) electrons. The van der Waals surface area contributed by atoms with Crippen molar-refractivity contribution >= 4 is 0 Å². The highest BCUT2D eigenvalue weighted by atomic mass is 14.3. The van der Waals surface area contributed by atoms with Crippen molar-refractivity contribution in [3.8, 4) is 0 Å². The van der Waals surface area contributed by atoms with Gasteiger partial charge >= 0.3 is 0 Å². The summed E-state index contributed by atoms with van der Waals surface area (Å²) in [4.78, 5) is 0. The van der Waals surface area contributed by atoms with Crippen molar-refractivity contribution in [2.75, 3.05) is 0 Å². The molecule has 2 aliphatic rings. The quantitative estimate of drug-likeness (QED) is 0.288. The molecule has 0 aromatic heterocycles. The lowest BCUT2D eigenvalue weighted by Gasteiger charge is -2.29. The molecule has 0 aliphatic heterocycles. The van der Waals surface area contributed by atoms with Gasteiger partial charge < -0.3 is 0 Å². The van der Waals surface area contributed by atoms with Gasteiger partial charge in [-0.25, -0.2) is 0 Å². The average Bonchev–Trinajstić information content (AvgIpc) is 2.92. The summed E-state index contributed by atoms with van der Waals surface area (Å²) in [6.07, 6.45) is 23.7. The molecular weight excluding hydrogens is 420 g/mol. The van der Waals surface area contributed by atoms with Crippen molar-refractivity contribution in [1.29, 1.82) is 0 Å². The highest BCUT2D eigenvalue weighted by molar-refractivity contribution is 5.28. The fraction of sp³-hybridized carbons (Fsp3) is 0.657. The molecule has 0 saturated heterocycles. The zero-order valence-electron chi connectivity index (χ0n) is 22.9. The number of benzene rings is 2. The summed E-state index contributed by atoms with van der Waals surface area (Å²) in [6, 6.07) is 19.3. The molecule has 0 amide bonds. The normalized spacial score (nSPS) is 25.0. The third-order valence-electron chi connectivity index (χ3n) is 9.49. The summed E-state index contributed by atoms with van der Waals surface area (Å²) in [5.41, 5.74) is 6.11. The Morgan fingerprint density at radius 3 is 1.49 bits per heavy atom. The van der Waals surface area contributed by atoms with E-state index in [0.29, 0.717) is 0 Å². The van der Waals surface area contributed by atoms with Crippen LogP contribution in [0.5, 0.6) is 0 Å². The fourth-order valence-corrected chi connectivity index (χ4v) is 6.98. The summed E-state index contributed by atoms with van der Waals surface area (Å²) in [7, 11) is 0. The van der Waals surface area contributed by atoms with Gasteiger partial charge in [-0.3, -0.25) is 0 Å². The Bertz CT molecular complexity index is 813. The largest absolute Gasteiger partial charge is 0.0654 e. The van der Waals surface area contributed by atoms with E-state index >= 15 is 0 Å². The van der Waals surface area contributed by atoms with Crippen LogP contribution >= 0.6 is 0 Å². The zero-order chi connectivity index (χ0) is 24.3. The molecule has 2 aromatic carbocycles. The highest BCUT2D eigenvalue weighted by Crippen LogP contribution is 2.38. The van der Waals surface area contributed by atoms with E-state index in [1.165, 1.54) is 113 Å². The van der Waals surface area contributed by atoms with Crippen LogP contribution in [0.2, 0.25) is 0 Å². The lowest BCUT2D eigenvalue weighted by Crippen LogP contribution is -2.15. The minimum absolute atomic E-state index is 0.806. The van der Waals surface area contributed by atoms with Crippen LogP contribution in [0, 0.1) is 17.8 Å². The van der Waals surface area contributed by atoms with Gasteiger partial charge in [-0.15, -0.1) is 0 Å². The Balaban J connectivity index is 1.16. The monoisotopic (exact) mass is 472 g/mol. The molecule has 4 rings (SSSR count). The van der Waals surface area contributed by atoms with Crippen LogP contribution in [0.25, 0.3) is 0 Å². The van der Waals surface area contributed by atoms with Crippen LogP contribution in [-0.4, -0.2) is 0 Å². The highest BCUT2D eigenvalue weighted by Gasteiger charge is 2.22. The lowest BCUT2D eigenvalue weighted by molar-refractivity contribution is 0.252. The summed E-state index contributed by atoms with van der Waals surface area (Å²) in [5, 5.41) is 0. The number of hydrogen-bond donors (Lipinski definition) is 0. The molecule has 0 nitrogen and oxygen atoms in total. The van der Waals surface area contributed by atoms with Crippen LogP contribution in [0.1, 0.15) is 132 Å². The molecule has 0 heterocycles. The second kappa shape index (κ2) is 14.2. The molecule has 2 fully saturated rings. The molecule has 2 aliphatic carbocycles. The van der Waals surface area contributed by atoms with Crippen molar-refractivity contribution in [2.45, 2.75) is 129 Å². The van der Waals surface area contributed by atoms with Crippen LogP contribution in [0.4, 0.5) is 0 Å². The van der Waals surface area contributed by atoms with Crippen LogP contribution in [0.15, 0.2) is 48.5 Å². The molecule has 0 N–H and O–H groups in total.